The second-order valence-corrected chi connectivity index (χ2v) is 10.1. The Morgan fingerprint density at radius 1 is 0.966 bits per heavy atom. The summed E-state index contributed by atoms with van der Waals surface area (Å²) in [4.78, 5) is 0.695. The largest absolute Gasteiger partial charge is 0.363 e. The standard InChI is InChI=1S/C22H23F2O3PS/c1-14(2)26-28(25,27-15(3)4)20(12-16-9-10-18(23)19(24)11-16)22-13-17-7-5-6-8-21(17)29-22/h5-15H,1-4H3/b20-12-. The van der Waals surface area contributed by atoms with Crippen molar-refractivity contribution in [2.75, 3.05) is 0 Å². The molecular formula is C22H23F2O3PS. The van der Waals surface area contributed by atoms with Crippen LogP contribution in [0.2, 0.25) is 0 Å². The molecule has 0 saturated carbocycles. The SMILES string of the molecule is CC(C)OP(=O)(OC(C)C)/C(=C\c1ccc(F)c(F)c1)c1cc2ccccc2s1. The van der Waals surface area contributed by atoms with Gasteiger partial charge in [0.05, 0.1) is 17.5 Å². The molecule has 0 unspecified atom stereocenters. The monoisotopic (exact) mass is 436 g/mol. The molecule has 0 aliphatic rings. The first kappa shape index (κ1) is 21.8. The Bertz CT molecular complexity index is 1040. The van der Waals surface area contributed by atoms with Crippen molar-refractivity contribution in [2.24, 2.45) is 0 Å². The molecule has 3 rings (SSSR count). The zero-order valence-corrected chi connectivity index (χ0v) is 18.4. The van der Waals surface area contributed by atoms with E-state index in [9.17, 15) is 13.3 Å². The summed E-state index contributed by atoms with van der Waals surface area (Å²) in [5, 5.41) is 1.32. The van der Waals surface area contributed by atoms with Crippen LogP contribution >= 0.6 is 18.9 Å². The topological polar surface area (TPSA) is 35.5 Å². The van der Waals surface area contributed by atoms with Gasteiger partial charge in [0.25, 0.3) is 0 Å². The molecular weight excluding hydrogens is 413 g/mol. The van der Waals surface area contributed by atoms with E-state index in [1.54, 1.807) is 33.8 Å². The minimum absolute atomic E-state index is 0.326. The number of hydrogen-bond donors (Lipinski definition) is 0. The second kappa shape index (κ2) is 8.88. The van der Waals surface area contributed by atoms with Crippen molar-refractivity contribution in [1.82, 2.24) is 0 Å². The summed E-state index contributed by atoms with van der Waals surface area (Å²) in [7, 11) is -3.76. The van der Waals surface area contributed by atoms with Crippen LogP contribution in [-0.2, 0) is 13.6 Å². The molecule has 0 fully saturated rings. The van der Waals surface area contributed by atoms with Crippen LogP contribution in [0.15, 0.2) is 48.5 Å². The number of benzene rings is 2. The van der Waals surface area contributed by atoms with Crippen LogP contribution in [-0.4, -0.2) is 12.2 Å². The Morgan fingerprint density at radius 3 is 2.21 bits per heavy atom. The third kappa shape index (κ3) is 5.20. The number of thiophene rings is 1. The molecule has 29 heavy (non-hydrogen) atoms. The van der Waals surface area contributed by atoms with Crippen LogP contribution in [0.4, 0.5) is 8.78 Å². The third-order valence-electron chi connectivity index (χ3n) is 3.92. The fraction of sp³-hybridized carbons (Fsp3) is 0.273. The summed E-state index contributed by atoms with van der Waals surface area (Å²) >= 11 is 1.44. The predicted molar refractivity (Wildman–Crippen MR) is 116 cm³/mol. The summed E-state index contributed by atoms with van der Waals surface area (Å²) in [6, 6.07) is 13.2. The highest BCUT2D eigenvalue weighted by Crippen LogP contribution is 2.63. The summed E-state index contributed by atoms with van der Waals surface area (Å²) in [6.07, 6.45) is 0.836. The van der Waals surface area contributed by atoms with E-state index in [0.717, 1.165) is 22.2 Å². The van der Waals surface area contributed by atoms with Crippen molar-refractivity contribution in [1.29, 1.82) is 0 Å². The van der Waals surface area contributed by atoms with Crippen molar-refractivity contribution >= 4 is 40.4 Å². The number of hydrogen-bond acceptors (Lipinski definition) is 4. The summed E-state index contributed by atoms with van der Waals surface area (Å²) in [6.45, 7) is 7.10. The Labute approximate surface area is 173 Å². The van der Waals surface area contributed by atoms with Crippen molar-refractivity contribution in [3.63, 3.8) is 0 Å². The van der Waals surface area contributed by atoms with Gasteiger partial charge in [-0.2, -0.15) is 0 Å². The van der Waals surface area contributed by atoms with Crippen LogP contribution in [0.25, 0.3) is 21.5 Å². The first-order valence-corrected chi connectivity index (χ1v) is 11.7. The molecule has 0 radical (unpaired) electrons. The van der Waals surface area contributed by atoms with Gasteiger partial charge in [-0.05, 0) is 69.0 Å². The van der Waals surface area contributed by atoms with Crippen LogP contribution in [0.3, 0.4) is 0 Å². The molecule has 0 amide bonds. The molecule has 3 aromatic rings. The van der Waals surface area contributed by atoms with Gasteiger partial charge in [0.15, 0.2) is 11.6 Å². The molecule has 3 nitrogen and oxygen atoms in total. The lowest BCUT2D eigenvalue weighted by Crippen LogP contribution is -2.09. The van der Waals surface area contributed by atoms with Crippen molar-refractivity contribution in [3.05, 3.63) is 70.6 Å². The van der Waals surface area contributed by atoms with E-state index in [4.69, 9.17) is 9.05 Å². The minimum atomic E-state index is -3.76. The van der Waals surface area contributed by atoms with Gasteiger partial charge in [0.2, 0.25) is 0 Å². The molecule has 1 heterocycles. The molecule has 0 aliphatic heterocycles. The number of rotatable bonds is 7. The van der Waals surface area contributed by atoms with Crippen molar-refractivity contribution < 1.29 is 22.4 Å². The molecule has 0 N–H and O–H groups in total. The summed E-state index contributed by atoms with van der Waals surface area (Å²) < 4.78 is 53.7. The molecule has 0 atom stereocenters. The molecule has 154 valence electrons. The van der Waals surface area contributed by atoms with Crippen LogP contribution < -0.4 is 0 Å². The van der Waals surface area contributed by atoms with Crippen LogP contribution in [0.1, 0.15) is 38.1 Å². The zero-order valence-electron chi connectivity index (χ0n) is 16.7. The molecule has 0 saturated heterocycles. The van der Waals surface area contributed by atoms with Crippen LogP contribution in [0.5, 0.6) is 0 Å². The maximum atomic E-state index is 13.9. The van der Waals surface area contributed by atoms with E-state index in [2.05, 4.69) is 0 Å². The lowest BCUT2D eigenvalue weighted by atomic mass is 10.2. The van der Waals surface area contributed by atoms with Gasteiger partial charge >= 0.3 is 7.60 Å². The maximum Gasteiger partial charge on any atom is 0.363 e. The smallest absolute Gasteiger partial charge is 0.302 e. The number of fused-ring (bicyclic) bond motifs is 1. The average molecular weight is 436 g/mol. The zero-order chi connectivity index (χ0) is 21.2. The van der Waals surface area contributed by atoms with Gasteiger partial charge in [-0.3, -0.25) is 4.57 Å². The normalized spacial score (nSPS) is 13.0. The maximum absolute atomic E-state index is 13.9. The highest BCUT2D eigenvalue weighted by atomic mass is 32.1. The van der Waals surface area contributed by atoms with Crippen molar-refractivity contribution in [3.8, 4) is 0 Å². The third-order valence-corrected chi connectivity index (χ3v) is 7.58. The predicted octanol–water partition coefficient (Wildman–Crippen LogP) is 7.72. The highest BCUT2D eigenvalue weighted by Gasteiger charge is 2.35. The van der Waals surface area contributed by atoms with E-state index in [0.29, 0.717) is 15.8 Å². The first-order chi connectivity index (χ1) is 13.7. The molecule has 7 heteroatoms. The van der Waals surface area contributed by atoms with Gasteiger partial charge in [0, 0.05) is 9.58 Å². The lowest BCUT2D eigenvalue weighted by molar-refractivity contribution is 0.151. The van der Waals surface area contributed by atoms with E-state index in [1.165, 1.54) is 17.4 Å². The summed E-state index contributed by atoms with van der Waals surface area (Å²) in [5.41, 5.74) is 0.372. The van der Waals surface area contributed by atoms with E-state index < -0.39 is 19.2 Å². The highest BCUT2D eigenvalue weighted by molar-refractivity contribution is 7.66. The second-order valence-electron chi connectivity index (χ2n) is 7.16. The first-order valence-electron chi connectivity index (χ1n) is 9.31. The van der Waals surface area contributed by atoms with E-state index in [-0.39, 0.29) is 12.2 Å². The fourth-order valence-corrected chi connectivity index (χ4v) is 6.33. The molecule has 0 bridgehead atoms. The minimum Gasteiger partial charge on any atom is -0.302 e. The average Bonchev–Trinajstić information content (AvgIpc) is 3.04. The fourth-order valence-electron chi connectivity index (χ4n) is 2.85. The van der Waals surface area contributed by atoms with Gasteiger partial charge in [-0.25, -0.2) is 8.78 Å². The van der Waals surface area contributed by atoms with Gasteiger partial charge < -0.3 is 9.05 Å². The Morgan fingerprint density at radius 2 is 1.62 bits per heavy atom. The van der Waals surface area contributed by atoms with Gasteiger partial charge in [-0.1, -0.05) is 24.3 Å². The number of halogens is 2. The molecule has 0 aliphatic carbocycles. The Balaban J connectivity index is 2.22. The van der Waals surface area contributed by atoms with Gasteiger partial charge in [0.1, 0.15) is 0 Å². The van der Waals surface area contributed by atoms with E-state index in [1.807, 2.05) is 30.3 Å². The molecule has 1 aromatic heterocycles. The quantitative estimate of drug-likeness (QED) is 0.356. The lowest BCUT2D eigenvalue weighted by Gasteiger charge is -2.24. The molecule has 0 spiro atoms. The Kier molecular flexibility index (Phi) is 6.69. The van der Waals surface area contributed by atoms with Gasteiger partial charge in [-0.15, -0.1) is 11.3 Å². The molecule has 2 aromatic carbocycles. The summed E-state index contributed by atoms with van der Waals surface area (Å²) in [5.74, 6) is -1.91. The van der Waals surface area contributed by atoms with E-state index >= 15 is 0 Å². The Hall–Kier alpha value is -1.85. The van der Waals surface area contributed by atoms with Crippen molar-refractivity contribution in [2.45, 2.75) is 39.9 Å². The van der Waals surface area contributed by atoms with Crippen LogP contribution in [0, 0.1) is 11.6 Å².